The van der Waals surface area contributed by atoms with Crippen molar-refractivity contribution in [2.75, 3.05) is 13.1 Å². The number of amides is 1. The van der Waals surface area contributed by atoms with Crippen LogP contribution in [0.15, 0.2) is 24.3 Å². The van der Waals surface area contributed by atoms with Crippen LogP contribution in [0, 0.1) is 0 Å². The van der Waals surface area contributed by atoms with Crippen LogP contribution >= 0.6 is 11.6 Å². The molecule has 0 saturated carbocycles. The molecule has 0 radical (unpaired) electrons. The third-order valence-electron chi connectivity index (χ3n) is 3.41. The summed E-state index contributed by atoms with van der Waals surface area (Å²) in [6.07, 6.45) is 2.55. The highest BCUT2D eigenvalue weighted by Crippen LogP contribution is 2.12. The van der Waals surface area contributed by atoms with Gasteiger partial charge in [0.05, 0.1) is 0 Å². The average Bonchev–Trinajstić information content (AvgIpc) is 2.46. The van der Waals surface area contributed by atoms with E-state index < -0.39 is 0 Å². The van der Waals surface area contributed by atoms with Crippen LogP contribution in [0.4, 0.5) is 0 Å². The van der Waals surface area contributed by atoms with Gasteiger partial charge in [-0.05, 0) is 43.7 Å². The lowest BCUT2D eigenvalue weighted by Crippen LogP contribution is -2.45. The summed E-state index contributed by atoms with van der Waals surface area (Å²) in [7, 11) is 0. The molecular formula is C15H19ClN2O2. The van der Waals surface area contributed by atoms with Crippen molar-refractivity contribution in [1.29, 1.82) is 0 Å². The fraction of sp³-hybridized carbons (Fsp3) is 0.467. The van der Waals surface area contributed by atoms with Gasteiger partial charge in [-0.2, -0.15) is 0 Å². The van der Waals surface area contributed by atoms with Gasteiger partial charge in [-0.1, -0.05) is 11.6 Å². The minimum Gasteiger partial charge on any atom is -0.352 e. The summed E-state index contributed by atoms with van der Waals surface area (Å²) in [5.41, 5.74) is 0.599. The van der Waals surface area contributed by atoms with Gasteiger partial charge in [0, 0.05) is 36.0 Å². The first kappa shape index (κ1) is 15.0. The Morgan fingerprint density at radius 2 is 2.00 bits per heavy atom. The van der Waals surface area contributed by atoms with Gasteiger partial charge in [0.25, 0.3) is 0 Å². The summed E-state index contributed by atoms with van der Waals surface area (Å²) < 4.78 is 0. The van der Waals surface area contributed by atoms with Crippen molar-refractivity contribution in [2.24, 2.45) is 0 Å². The Kier molecular flexibility index (Phi) is 5.56. The van der Waals surface area contributed by atoms with E-state index in [0.717, 1.165) is 25.9 Å². The third kappa shape index (κ3) is 4.62. The monoisotopic (exact) mass is 294 g/mol. The van der Waals surface area contributed by atoms with Gasteiger partial charge < -0.3 is 10.6 Å². The molecule has 1 unspecified atom stereocenters. The van der Waals surface area contributed by atoms with Crippen LogP contribution in [0.1, 0.15) is 36.0 Å². The summed E-state index contributed by atoms with van der Waals surface area (Å²) in [4.78, 5) is 23.7. The van der Waals surface area contributed by atoms with E-state index in [-0.39, 0.29) is 30.6 Å². The minimum absolute atomic E-state index is 0.0291. The molecular weight excluding hydrogens is 276 g/mol. The molecule has 1 aliphatic heterocycles. The molecule has 108 valence electrons. The number of Topliss-reactive ketones (excluding diaryl/α,β-unsaturated/α-hetero) is 1. The molecule has 2 N–H and O–H groups in total. The standard InChI is InChI=1S/C15H19ClN2O2/c16-12-5-3-11(4-6-12)14(19)7-8-15(20)18-13-2-1-9-17-10-13/h3-6,13,17H,1-2,7-10H2,(H,18,20). The Labute approximate surface area is 123 Å². The number of carbonyl (C=O) groups excluding carboxylic acids is 2. The second-order valence-corrected chi connectivity index (χ2v) is 5.48. The molecule has 1 fully saturated rings. The SMILES string of the molecule is O=C(CCC(=O)c1ccc(Cl)cc1)NC1CCCNC1. The largest absolute Gasteiger partial charge is 0.352 e. The van der Waals surface area contributed by atoms with Gasteiger partial charge in [-0.3, -0.25) is 9.59 Å². The number of hydrogen-bond donors (Lipinski definition) is 2. The Morgan fingerprint density at radius 1 is 1.25 bits per heavy atom. The molecule has 5 heteroatoms. The Hall–Kier alpha value is -1.39. The van der Waals surface area contributed by atoms with Crippen LogP contribution in [0.2, 0.25) is 5.02 Å². The first-order chi connectivity index (χ1) is 9.65. The molecule has 4 nitrogen and oxygen atoms in total. The lowest BCUT2D eigenvalue weighted by molar-refractivity contribution is -0.121. The van der Waals surface area contributed by atoms with Gasteiger partial charge in [-0.15, -0.1) is 0 Å². The van der Waals surface area contributed by atoms with Gasteiger partial charge in [0.1, 0.15) is 0 Å². The number of hydrogen-bond acceptors (Lipinski definition) is 3. The number of halogens is 1. The number of carbonyl (C=O) groups is 2. The number of benzene rings is 1. The third-order valence-corrected chi connectivity index (χ3v) is 3.66. The Morgan fingerprint density at radius 3 is 2.65 bits per heavy atom. The zero-order valence-electron chi connectivity index (χ0n) is 11.3. The van der Waals surface area contributed by atoms with Crippen LogP contribution in [0.25, 0.3) is 0 Å². The Bertz CT molecular complexity index is 467. The van der Waals surface area contributed by atoms with Gasteiger partial charge in [0.2, 0.25) is 5.91 Å². The molecule has 1 saturated heterocycles. The zero-order chi connectivity index (χ0) is 14.4. The molecule has 1 amide bonds. The Balaban J connectivity index is 1.75. The van der Waals surface area contributed by atoms with Crippen molar-refractivity contribution in [2.45, 2.75) is 31.7 Å². The molecule has 0 aromatic heterocycles. The molecule has 1 aromatic rings. The average molecular weight is 295 g/mol. The van der Waals surface area contributed by atoms with E-state index in [4.69, 9.17) is 11.6 Å². The normalized spacial score (nSPS) is 18.6. The van der Waals surface area contributed by atoms with E-state index in [2.05, 4.69) is 10.6 Å². The molecule has 1 aliphatic rings. The van der Waals surface area contributed by atoms with Crippen LogP contribution in [0.5, 0.6) is 0 Å². The maximum Gasteiger partial charge on any atom is 0.220 e. The van der Waals surface area contributed by atoms with E-state index in [0.29, 0.717) is 10.6 Å². The first-order valence-electron chi connectivity index (χ1n) is 6.94. The quantitative estimate of drug-likeness (QED) is 0.818. The molecule has 2 rings (SSSR count). The predicted octanol–water partition coefficient (Wildman–Crippen LogP) is 2.17. The predicted molar refractivity (Wildman–Crippen MR) is 79.1 cm³/mol. The van der Waals surface area contributed by atoms with Gasteiger partial charge in [0.15, 0.2) is 5.78 Å². The summed E-state index contributed by atoms with van der Waals surface area (Å²) >= 11 is 5.77. The molecule has 20 heavy (non-hydrogen) atoms. The highest BCUT2D eigenvalue weighted by molar-refractivity contribution is 6.30. The van der Waals surface area contributed by atoms with Crippen molar-refractivity contribution in [1.82, 2.24) is 10.6 Å². The highest BCUT2D eigenvalue weighted by Gasteiger charge is 2.16. The summed E-state index contributed by atoms with van der Waals surface area (Å²) in [5.74, 6) is -0.0837. The summed E-state index contributed by atoms with van der Waals surface area (Å²) in [6, 6.07) is 6.94. The molecule has 1 heterocycles. The number of rotatable bonds is 5. The topological polar surface area (TPSA) is 58.2 Å². The highest BCUT2D eigenvalue weighted by atomic mass is 35.5. The van der Waals surface area contributed by atoms with Crippen LogP contribution in [-0.2, 0) is 4.79 Å². The second kappa shape index (κ2) is 7.41. The fourth-order valence-electron chi connectivity index (χ4n) is 2.28. The van der Waals surface area contributed by atoms with Crippen molar-refractivity contribution >= 4 is 23.3 Å². The lowest BCUT2D eigenvalue weighted by Gasteiger charge is -2.23. The van der Waals surface area contributed by atoms with Crippen molar-refractivity contribution < 1.29 is 9.59 Å². The minimum atomic E-state index is -0.0546. The van der Waals surface area contributed by atoms with E-state index in [1.165, 1.54) is 0 Å². The fourth-order valence-corrected chi connectivity index (χ4v) is 2.41. The van der Waals surface area contributed by atoms with Gasteiger partial charge in [-0.25, -0.2) is 0 Å². The van der Waals surface area contributed by atoms with Crippen molar-refractivity contribution in [3.63, 3.8) is 0 Å². The van der Waals surface area contributed by atoms with Crippen LogP contribution in [-0.4, -0.2) is 30.8 Å². The van der Waals surface area contributed by atoms with Gasteiger partial charge >= 0.3 is 0 Å². The van der Waals surface area contributed by atoms with E-state index >= 15 is 0 Å². The smallest absolute Gasteiger partial charge is 0.220 e. The molecule has 0 bridgehead atoms. The van der Waals surface area contributed by atoms with E-state index in [9.17, 15) is 9.59 Å². The maximum absolute atomic E-state index is 11.9. The first-order valence-corrected chi connectivity index (χ1v) is 7.32. The molecule has 1 atom stereocenters. The lowest BCUT2D eigenvalue weighted by atomic mass is 10.1. The number of piperidine rings is 1. The van der Waals surface area contributed by atoms with E-state index in [1.54, 1.807) is 24.3 Å². The molecule has 0 aliphatic carbocycles. The molecule has 1 aromatic carbocycles. The maximum atomic E-state index is 11.9. The number of ketones is 1. The summed E-state index contributed by atoms with van der Waals surface area (Å²) in [5, 5.41) is 6.80. The second-order valence-electron chi connectivity index (χ2n) is 5.04. The summed E-state index contributed by atoms with van der Waals surface area (Å²) in [6.45, 7) is 1.83. The van der Waals surface area contributed by atoms with Crippen LogP contribution < -0.4 is 10.6 Å². The molecule has 0 spiro atoms. The van der Waals surface area contributed by atoms with Crippen LogP contribution in [0.3, 0.4) is 0 Å². The van der Waals surface area contributed by atoms with E-state index in [1.807, 2.05) is 0 Å². The van der Waals surface area contributed by atoms with Crippen molar-refractivity contribution in [3.8, 4) is 0 Å². The van der Waals surface area contributed by atoms with Crippen molar-refractivity contribution in [3.05, 3.63) is 34.9 Å². The number of nitrogens with one attached hydrogen (secondary N) is 2. The zero-order valence-corrected chi connectivity index (χ0v) is 12.1.